The minimum Gasteiger partial charge on any atom is -0.383 e. The number of hydrogen-bond donors (Lipinski definition) is 1. The zero-order valence-electron chi connectivity index (χ0n) is 20.3. The molecule has 3 aromatic rings. The van der Waals surface area contributed by atoms with Crippen molar-refractivity contribution in [2.24, 2.45) is 10.7 Å². The van der Waals surface area contributed by atoms with E-state index in [-0.39, 0.29) is 30.4 Å². The molecule has 2 N–H and O–H groups in total. The molecule has 5 rings (SSSR count). The van der Waals surface area contributed by atoms with Gasteiger partial charge < -0.3 is 15.4 Å². The van der Waals surface area contributed by atoms with Crippen molar-refractivity contribution in [3.05, 3.63) is 107 Å². The number of benzene rings is 3. The zero-order chi connectivity index (χ0) is 25.1. The lowest BCUT2D eigenvalue weighted by Crippen LogP contribution is -2.43. The number of nitrogens with two attached hydrogens (primary N) is 1. The molecule has 2 aliphatic heterocycles. The lowest BCUT2D eigenvalue weighted by molar-refractivity contribution is -0.130. The molecule has 1 atom stereocenters. The first-order valence-electron chi connectivity index (χ1n) is 12.2. The largest absolute Gasteiger partial charge is 0.383 e. The molecule has 7 heteroatoms. The lowest BCUT2D eigenvalue weighted by Gasteiger charge is -2.27. The first-order chi connectivity index (χ1) is 17.5. The molecule has 36 heavy (non-hydrogen) atoms. The molecule has 0 aromatic heterocycles. The molecule has 1 fully saturated rings. The van der Waals surface area contributed by atoms with Crippen LogP contribution in [-0.4, -0.2) is 53.9 Å². The van der Waals surface area contributed by atoms with E-state index in [0.717, 1.165) is 36.1 Å². The van der Waals surface area contributed by atoms with Gasteiger partial charge in [0.2, 0.25) is 0 Å². The maximum Gasteiger partial charge on any atom is 0.266 e. The van der Waals surface area contributed by atoms with Crippen LogP contribution in [-0.2, 0) is 21.6 Å². The second-order valence-corrected chi connectivity index (χ2v) is 9.25. The van der Waals surface area contributed by atoms with Crippen LogP contribution in [0.3, 0.4) is 0 Å². The number of carbonyl (C=O) groups excluding carboxylic acids is 2. The van der Waals surface area contributed by atoms with Crippen LogP contribution in [0, 0.1) is 0 Å². The fraction of sp³-hybridized carbons (Fsp3) is 0.276. The van der Waals surface area contributed by atoms with Crippen molar-refractivity contribution in [2.45, 2.75) is 31.0 Å². The second kappa shape index (κ2) is 9.95. The molecular weight excluding hydrogens is 452 g/mol. The van der Waals surface area contributed by atoms with Gasteiger partial charge in [-0.2, -0.15) is 0 Å². The highest BCUT2D eigenvalue weighted by Gasteiger charge is 2.50. The summed E-state index contributed by atoms with van der Waals surface area (Å²) in [7, 11) is 1.66. The number of methoxy groups -OCH3 is 1. The Bertz CT molecular complexity index is 1240. The van der Waals surface area contributed by atoms with Gasteiger partial charge in [0.05, 0.1) is 19.2 Å². The number of hydrogen-bond acceptors (Lipinski definition) is 5. The van der Waals surface area contributed by atoms with Crippen molar-refractivity contribution in [1.29, 1.82) is 0 Å². The maximum atomic E-state index is 14.0. The molecule has 0 saturated carbocycles. The topological polar surface area (TPSA) is 88.2 Å². The molecule has 184 valence electrons. The third-order valence-corrected chi connectivity index (χ3v) is 7.01. The molecule has 2 amide bonds. The van der Waals surface area contributed by atoms with Crippen molar-refractivity contribution in [1.82, 2.24) is 9.80 Å². The Balaban J connectivity index is 1.44. The molecule has 7 nitrogen and oxygen atoms in total. The second-order valence-electron chi connectivity index (χ2n) is 9.25. The van der Waals surface area contributed by atoms with Gasteiger partial charge in [0, 0.05) is 19.2 Å². The number of likely N-dealkylation sites (tertiary alicyclic amines) is 1. The third-order valence-electron chi connectivity index (χ3n) is 7.01. The van der Waals surface area contributed by atoms with Crippen LogP contribution < -0.4 is 5.73 Å². The maximum absolute atomic E-state index is 14.0. The summed E-state index contributed by atoms with van der Waals surface area (Å²) in [4.78, 5) is 35.4. The molecule has 0 spiro atoms. The Morgan fingerprint density at radius 2 is 1.69 bits per heavy atom. The number of ether oxygens (including phenoxy) is 1. The zero-order valence-corrected chi connectivity index (χ0v) is 20.3. The monoisotopic (exact) mass is 482 g/mol. The van der Waals surface area contributed by atoms with E-state index in [4.69, 9.17) is 15.5 Å². The molecule has 1 saturated heterocycles. The van der Waals surface area contributed by atoms with Gasteiger partial charge in [0.25, 0.3) is 11.8 Å². The van der Waals surface area contributed by atoms with Gasteiger partial charge in [-0.1, -0.05) is 72.8 Å². The standard InChI is InChI=1S/C29H30N4O3/c1-36-20-25-16-9-17-32(25)26(34)22-11-8-10-21(18-22)19-33-27(35)29(31-28(33)30,23-12-4-2-5-13-23)24-14-6-3-7-15-24/h2-8,10-15,18,25H,9,16-17,19-20H2,1H3,(H2,30,31)/t25-/m1/s1. The summed E-state index contributed by atoms with van der Waals surface area (Å²) < 4.78 is 5.31. The Morgan fingerprint density at radius 3 is 2.33 bits per heavy atom. The van der Waals surface area contributed by atoms with Crippen molar-refractivity contribution >= 4 is 17.8 Å². The van der Waals surface area contributed by atoms with Gasteiger partial charge in [-0.3, -0.25) is 14.5 Å². The van der Waals surface area contributed by atoms with Crippen LogP contribution in [0.4, 0.5) is 0 Å². The van der Waals surface area contributed by atoms with Gasteiger partial charge in [0.15, 0.2) is 11.5 Å². The van der Waals surface area contributed by atoms with Gasteiger partial charge in [-0.25, -0.2) is 4.99 Å². The summed E-state index contributed by atoms with van der Waals surface area (Å²) in [6, 6.07) is 26.5. The van der Waals surface area contributed by atoms with Crippen molar-refractivity contribution in [3.8, 4) is 0 Å². The molecule has 0 radical (unpaired) electrons. The summed E-state index contributed by atoms with van der Waals surface area (Å²) in [6.45, 7) is 1.47. The van der Waals surface area contributed by atoms with Crippen LogP contribution >= 0.6 is 0 Å². The molecule has 2 aliphatic rings. The molecule has 0 unspecified atom stereocenters. The number of nitrogens with zero attached hydrogens (tertiary/aromatic N) is 3. The highest BCUT2D eigenvalue weighted by atomic mass is 16.5. The summed E-state index contributed by atoms with van der Waals surface area (Å²) >= 11 is 0. The van der Waals surface area contributed by atoms with E-state index in [0.29, 0.717) is 12.2 Å². The first kappa shape index (κ1) is 23.8. The smallest absolute Gasteiger partial charge is 0.266 e. The lowest BCUT2D eigenvalue weighted by atomic mass is 9.83. The minimum atomic E-state index is -1.25. The van der Waals surface area contributed by atoms with Crippen LogP contribution in [0.5, 0.6) is 0 Å². The average Bonchev–Trinajstić information content (AvgIpc) is 3.48. The number of rotatable bonds is 7. The Kier molecular flexibility index (Phi) is 6.57. The molecule has 2 heterocycles. The van der Waals surface area contributed by atoms with Crippen LogP contribution in [0.15, 0.2) is 89.9 Å². The van der Waals surface area contributed by atoms with Gasteiger partial charge >= 0.3 is 0 Å². The van der Waals surface area contributed by atoms with E-state index in [1.165, 1.54) is 4.90 Å². The Morgan fingerprint density at radius 1 is 1.03 bits per heavy atom. The highest BCUT2D eigenvalue weighted by Crippen LogP contribution is 2.40. The van der Waals surface area contributed by atoms with Gasteiger partial charge in [-0.05, 0) is 41.7 Å². The Labute approximate surface area is 211 Å². The molecule has 0 bridgehead atoms. The van der Waals surface area contributed by atoms with E-state index < -0.39 is 5.54 Å². The Hall–Kier alpha value is -3.97. The van der Waals surface area contributed by atoms with Crippen molar-refractivity contribution < 1.29 is 14.3 Å². The summed E-state index contributed by atoms with van der Waals surface area (Å²) in [5.41, 5.74) is 8.06. The van der Waals surface area contributed by atoms with E-state index in [1.54, 1.807) is 7.11 Å². The molecule has 3 aromatic carbocycles. The van der Waals surface area contributed by atoms with E-state index >= 15 is 0 Å². The normalized spacial score (nSPS) is 19.0. The quantitative estimate of drug-likeness (QED) is 0.558. The predicted octanol–water partition coefficient (Wildman–Crippen LogP) is 3.54. The average molecular weight is 483 g/mol. The number of carbonyl (C=O) groups is 2. The van der Waals surface area contributed by atoms with E-state index in [1.807, 2.05) is 89.8 Å². The predicted molar refractivity (Wildman–Crippen MR) is 138 cm³/mol. The molecule has 0 aliphatic carbocycles. The SMILES string of the molecule is COC[C@H]1CCCN1C(=O)c1cccc(CN2C(=O)C(c3ccccc3)(c3ccccc3)N=C2N)c1. The molecular formula is C29H30N4O3. The minimum absolute atomic E-state index is 0.0197. The fourth-order valence-corrected chi connectivity index (χ4v) is 5.25. The summed E-state index contributed by atoms with van der Waals surface area (Å²) in [5.74, 6) is -0.0772. The van der Waals surface area contributed by atoms with E-state index in [2.05, 4.69) is 0 Å². The van der Waals surface area contributed by atoms with Crippen LogP contribution in [0.1, 0.15) is 39.9 Å². The van der Waals surface area contributed by atoms with Crippen LogP contribution in [0.25, 0.3) is 0 Å². The summed E-state index contributed by atoms with van der Waals surface area (Å²) in [6.07, 6.45) is 1.91. The third kappa shape index (κ3) is 4.16. The van der Waals surface area contributed by atoms with Crippen molar-refractivity contribution in [3.63, 3.8) is 0 Å². The van der Waals surface area contributed by atoms with Gasteiger partial charge in [0.1, 0.15) is 0 Å². The number of amides is 2. The van der Waals surface area contributed by atoms with E-state index in [9.17, 15) is 9.59 Å². The number of aliphatic imine (C=N–C) groups is 1. The van der Waals surface area contributed by atoms with Gasteiger partial charge in [-0.15, -0.1) is 0 Å². The van der Waals surface area contributed by atoms with Crippen LogP contribution in [0.2, 0.25) is 0 Å². The number of guanidine groups is 1. The first-order valence-corrected chi connectivity index (χ1v) is 12.2. The van der Waals surface area contributed by atoms with Crippen molar-refractivity contribution in [2.75, 3.05) is 20.3 Å². The fourth-order valence-electron chi connectivity index (χ4n) is 5.25. The highest BCUT2D eigenvalue weighted by molar-refractivity contribution is 6.09. The summed E-state index contributed by atoms with van der Waals surface area (Å²) in [5, 5.41) is 0.